The number of halogens is 3. The van der Waals surface area contributed by atoms with E-state index in [0.717, 1.165) is 6.07 Å². The van der Waals surface area contributed by atoms with Crippen molar-refractivity contribution in [1.82, 2.24) is 10.2 Å². The van der Waals surface area contributed by atoms with Gasteiger partial charge in [0.15, 0.2) is 17.2 Å². The fraction of sp³-hybridized carbons (Fsp3) is 0.259. The smallest absolute Gasteiger partial charge is 0.262 e. The van der Waals surface area contributed by atoms with Crippen LogP contribution >= 0.6 is 11.6 Å². The molecule has 0 fully saturated rings. The number of amides is 1. The minimum Gasteiger partial charge on any atom is -0.375 e. The number of hydrogen-bond donors (Lipinski definition) is 3. The van der Waals surface area contributed by atoms with E-state index in [4.69, 9.17) is 11.6 Å². The first-order valence-electron chi connectivity index (χ1n) is 11.4. The molecule has 7 nitrogen and oxygen atoms in total. The third-order valence-electron chi connectivity index (χ3n) is 6.65. The Labute approximate surface area is 217 Å². The number of aromatic nitrogens is 2. The normalized spacial score (nSPS) is 18.6. The van der Waals surface area contributed by atoms with Crippen LogP contribution in [0.25, 0.3) is 0 Å². The van der Waals surface area contributed by atoms with Gasteiger partial charge in [-0.1, -0.05) is 37.6 Å². The molecule has 0 spiro atoms. The zero-order valence-electron chi connectivity index (χ0n) is 20.3. The van der Waals surface area contributed by atoms with Gasteiger partial charge in [0.2, 0.25) is 0 Å². The summed E-state index contributed by atoms with van der Waals surface area (Å²) in [6.45, 7) is 4.81. The lowest BCUT2D eigenvalue weighted by molar-refractivity contribution is -0.138. The molecule has 0 bridgehead atoms. The third-order valence-corrected chi connectivity index (χ3v) is 6.89. The molecule has 3 aromatic rings. The molecule has 0 radical (unpaired) electrons. The molecule has 1 amide bonds. The lowest BCUT2D eigenvalue weighted by atomic mass is 9.78. The molecular weight excluding hydrogens is 502 g/mol. The van der Waals surface area contributed by atoms with Gasteiger partial charge in [0.05, 0.1) is 0 Å². The van der Waals surface area contributed by atoms with E-state index in [1.165, 1.54) is 49.5 Å². The van der Waals surface area contributed by atoms with Crippen molar-refractivity contribution in [2.24, 2.45) is 4.99 Å². The van der Waals surface area contributed by atoms with Crippen molar-refractivity contribution in [2.45, 2.75) is 43.7 Å². The number of H-pyrrole nitrogens is 1. The lowest BCUT2D eigenvalue weighted by Crippen LogP contribution is -2.48. The predicted octanol–water partition coefficient (Wildman–Crippen LogP) is 4.85. The minimum absolute atomic E-state index is 0.0627. The maximum absolute atomic E-state index is 13.8. The Morgan fingerprint density at radius 1 is 1.11 bits per heavy atom. The maximum atomic E-state index is 13.8. The number of anilines is 1. The number of carbonyl (C=O) groups excluding carboxylic acids is 2. The quantitative estimate of drug-likeness (QED) is 0.390. The van der Waals surface area contributed by atoms with Crippen LogP contribution in [0.5, 0.6) is 0 Å². The molecule has 10 heteroatoms. The van der Waals surface area contributed by atoms with Crippen LogP contribution in [0.4, 0.5) is 14.6 Å². The summed E-state index contributed by atoms with van der Waals surface area (Å²) in [6.07, 6.45) is 4.18. The highest BCUT2D eigenvalue weighted by atomic mass is 35.5. The van der Waals surface area contributed by atoms with Gasteiger partial charge in [-0.3, -0.25) is 19.7 Å². The van der Waals surface area contributed by atoms with Gasteiger partial charge in [-0.25, -0.2) is 8.78 Å². The number of aliphatic hydroxyl groups is 1. The van der Waals surface area contributed by atoms with E-state index >= 15 is 0 Å². The number of Topliss-reactive ketones (excluding diaryl/α,β-unsaturated/α-hetero) is 1. The molecule has 37 heavy (non-hydrogen) atoms. The Kier molecular flexibility index (Phi) is 6.87. The van der Waals surface area contributed by atoms with Crippen LogP contribution in [0.1, 0.15) is 44.0 Å². The van der Waals surface area contributed by atoms with Crippen LogP contribution in [0.15, 0.2) is 65.7 Å². The third kappa shape index (κ3) is 5.10. The maximum Gasteiger partial charge on any atom is 0.262 e. The van der Waals surface area contributed by atoms with Gasteiger partial charge < -0.3 is 10.4 Å². The SMILES string of the molecule is CC(=O)C1(CC(O)(C(=O)Nc2cc(C(C)(C)c3cc(F)cc(F)c3)[nH]n2)c2cccc(Cl)c2)C=CC=N1. The van der Waals surface area contributed by atoms with Crippen molar-refractivity contribution < 1.29 is 23.5 Å². The summed E-state index contributed by atoms with van der Waals surface area (Å²) in [6, 6.07) is 10.9. The van der Waals surface area contributed by atoms with Crippen molar-refractivity contribution in [2.75, 3.05) is 5.32 Å². The molecule has 0 saturated carbocycles. The van der Waals surface area contributed by atoms with Gasteiger partial charge in [0.1, 0.15) is 17.2 Å². The van der Waals surface area contributed by atoms with Crippen molar-refractivity contribution >= 4 is 35.3 Å². The molecule has 2 unspecified atom stereocenters. The van der Waals surface area contributed by atoms with Gasteiger partial charge in [0.25, 0.3) is 5.91 Å². The first-order valence-corrected chi connectivity index (χ1v) is 11.8. The van der Waals surface area contributed by atoms with Crippen LogP contribution in [0.2, 0.25) is 5.02 Å². The summed E-state index contributed by atoms with van der Waals surface area (Å²) < 4.78 is 27.7. The highest BCUT2D eigenvalue weighted by Gasteiger charge is 2.48. The van der Waals surface area contributed by atoms with E-state index in [1.54, 1.807) is 32.1 Å². The van der Waals surface area contributed by atoms with Crippen LogP contribution in [0, 0.1) is 11.6 Å². The average Bonchev–Trinajstić information content (AvgIpc) is 3.49. The van der Waals surface area contributed by atoms with Crippen molar-refractivity contribution in [3.05, 3.63) is 94.2 Å². The summed E-state index contributed by atoms with van der Waals surface area (Å²) in [7, 11) is 0. The fourth-order valence-electron chi connectivity index (χ4n) is 4.30. The number of carbonyl (C=O) groups is 2. The van der Waals surface area contributed by atoms with Crippen molar-refractivity contribution in [1.29, 1.82) is 0 Å². The molecule has 1 aliphatic heterocycles. The molecule has 0 saturated heterocycles. The first-order chi connectivity index (χ1) is 17.4. The van der Waals surface area contributed by atoms with E-state index in [2.05, 4.69) is 20.5 Å². The number of aliphatic imine (C=N–C) groups is 1. The van der Waals surface area contributed by atoms with Crippen LogP contribution < -0.4 is 5.32 Å². The Morgan fingerprint density at radius 2 is 1.81 bits per heavy atom. The second-order valence-corrected chi connectivity index (χ2v) is 10.0. The lowest BCUT2D eigenvalue weighted by Gasteiger charge is -2.33. The molecule has 3 N–H and O–H groups in total. The van der Waals surface area contributed by atoms with Gasteiger partial charge in [-0.2, -0.15) is 5.10 Å². The first kappa shape index (κ1) is 26.4. The van der Waals surface area contributed by atoms with E-state index in [9.17, 15) is 23.5 Å². The number of hydrogen-bond acceptors (Lipinski definition) is 5. The van der Waals surface area contributed by atoms with Gasteiger partial charge in [-0.05, 0) is 54.5 Å². The summed E-state index contributed by atoms with van der Waals surface area (Å²) in [5.74, 6) is -2.58. The second-order valence-electron chi connectivity index (χ2n) is 9.57. The number of rotatable bonds is 8. The Bertz CT molecular complexity index is 1400. The van der Waals surface area contributed by atoms with Gasteiger partial charge in [-0.15, -0.1) is 0 Å². The summed E-state index contributed by atoms with van der Waals surface area (Å²) in [5, 5.41) is 21.5. The number of aromatic amines is 1. The van der Waals surface area contributed by atoms with E-state index in [0.29, 0.717) is 11.3 Å². The second kappa shape index (κ2) is 9.64. The number of nitrogens with zero attached hydrogens (tertiary/aromatic N) is 2. The fourth-order valence-corrected chi connectivity index (χ4v) is 4.49. The topological polar surface area (TPSA) is 107 Å². The molecule has 2 aromatic carbocycles. The molecule has 2 heterocycles. The Morgan fingerprint density at radius 3 is 2.41 bits per heavy atom. The molecule has 1 aliphatic rings. The molecule has 192 valence electrons. The van der Waals surface area contributed by atoms with Crippen molar-refractivity contribution in [3.63, 3.8) is 0 Å². The number of ketones is 1. The van der Waals surface area contributed by atoms with Gasteiger partial charge >= 0.3 is 0 Å². The summed E-state index contributed by atoms with van der Waals surface area (Å²) in [5.41, 5.74) is -3.57. The zero-order chi connectivity index (χ0) is 27.0. The zero-order valence-corrected chi connectivity index (χ0v) is 21.1. The highest BCUT2D eigenvalue weighted by molar-refractivity contribution is 6.30. The monoisotopic (exact) mass is 526 g/mol. The number of benzene rings is 2. The van der Waals surface area contributed by atoms with Crippen LogP contribution in [0.3, 0.4) is 0 Å². The van der Waals surface area contributed by atoms with Crippen LogP contribution in [-0.2, 0) is 20.6 Å². The minimum atomic E-state index is -2.22. The molecule has 4 rings (SSSR count). The van der Waals surface area contributed by atoms with E-state index in [-0.39, 0.29) is 28.6 Å². The molecular formula is C27H25ClF2N4O3. The standard InChI is InChI=1S/C27H25ClF2N4O3/c1-16(35)26(8-5-9-31-26)15-27(37,17-6-4-7-19(28)10-17)24(36)32-23-14-22(33-34-23)25(2,3)18-11-20(29)13-21(30)12-18/h4-14,37H,15H2,1-3H3,(H2,32,33,34,36). The Hall–Kier alpha value is -3.69. The predicted molar refractivity (Wildman–Crippen MR) is 137 cm³/mol. The largest absolute Gasteiger partial charge is 0.375 e. The average molecular weight is 527 g/mol. The van der Waals surface area contributed by atoms with Crippen LogP contribution in [-0.4, -0.2) is 38.7 Å². The summed E-state index contributed by atoms with van der Waals surface area (Å²) in [4.78, 5) is 30.3. The summed E-state index contributed by atoms with van der Waals surface area (Å²) >= 11 is 6.14. The molecule has 2 atom stereocenters. The van der Waals surface area contributed by atoms with E-state index in [1.807, 2.05) is 0 Å². The number of nitrogens with one attached hydrogen (secondary N) is 2. The Balaban J connectivity index is 1.67. The highest BCUT2D eigenvalue weighted by Crippen LogP contribution is 2.38. The van der Waals surface area contributed by atoms with Gasteiger partial charge in [0, 0.05) is 40.9 Å². The van der Waals surface area contributed by atoms with E-state index < -0.39 is 34.1 Å². The molecule has 1 aromatic heterocycles. The molecule has 0 aliphatic carbocycles. The number of allylic oxidation sites excluding steroid dienone is 1. The van der Waals surface area contributed by atoms with Crippen molar-refractivity contribution in [3.8, 4) is 0 Å².